The van der Waals surface area contributed by atoms with E-state index >= 15 is 0 Å². The zero-order valence-corrected chi connectivity index (χ0v) is 14.9. The number of aryl methyl sites for hydroxylation is 1. The molecule has 2 rings (SSSR count). The van der Waals surface area contributed by atoms with E-state index in [1.54, 1.807) is 24.3 Å². The van der Waals surface area contributed by atoms with Crippen LogP contribution in [-0.4, -0.2) is 18.4 Å². The van der Waals surface area contributed by atoms with Crippen molar-refractivity contribution in [3.8, 4) is 0 Å². The fraction of sp³-hybridized carbons (Fsp3) is 0.176. The molecule has 0 aliphatic carbocycles. The largest absolute Gasteiger partial charge is 0.351 e. The zero-order valence-electron chi connectivity index (χ0n) is 12.5. The smallest absolute Gasteiger partial charge is 0.252 e. The fourth-order valence-corrected chi connectivity index (χ4v) is 2.55. The molecule has 0 unspecified atom stereocenters. The molecule has 0 atom stereocenters. The van der Waals surface area contributed by atoms with Gasteiger partial charge in [-0.15, -0.1) is 0 Å². The van der Waals surface area contributed by atoms with Gasteiger partial charge in [0.15, 0.2) is 0 Å². The first-order valence-corrected chi connectivity index (χ1v) is 8.23. The number of nitrogens with one attached hydrogen (secondary N) is 2. The highest BCUT2D eigenvalue weighted by molar-refractivity contribution is 9.10. The highest BCUT2D eigenvalue weighted by atomic mass is 79.9. The molecule has 0 aliphatic rings. The van der Waals surface area contributed by atoms with Gasteiger partial charge in [-0.2, -0.15) is 0 Å². The molecule has 23 heavy (non-hydrogen) atoms. The van der Waals surface area contributed by atoms with Crippen LogP contribution in [0.1, 0.15) is 22.3 Å². The Balaban J connectivity index is 1.84. The van der Waals surface area contributed by atoms with Gasteiger partial charge in [-0.25, -0.2) is 0 Å². The van der Waals surface area contributed by atoms with Gasteiger partial charge in [-0.05, 0) is 36.8 Å². The molecule has 120 valence electrons. The number of hydrogen-bond donors (Lipinski definition) is 2. The molecule has 0 heterocycles. The van der Waals surface area contributed by atoms with Crippen LogP contribution in [0.3, 0.4) is 0 Å². The second-order valence-corrected chi connectivity index (χ2v) is 6.32. The van der Waals surface area contributed by atoms with Gasteiger partial charge in [0.25, 0.3) is 5.91 Å². The topological polar surface area (TPSA) is 58.2 Å². The summed E-state index contributed by atoms with van der Waals surface area (Å²) in [6.07, 6.45) is 0.183. The standard InChI is InChI=1S/C17H16BrClN2O2/c1-11-6-7-12(18)10-15(11)21-16(22)8-9-20-17(23)13-4-2-3-5-14(13)19/h2-7,10H,8-9H2,1H3,(H,20,23)(H,21,22). The zero-order chi connectivity index (χ0) is 16.8. The molecule has 0 aliphatic heterocycles. The molecule has 0 radical (unpaired) electrons. The molecule has 4 nitrogen and oxygen atoms in total. The lowest BCUT2D eigenvalue weighted by Crippen LogP contribution is -2.28. The van der Waals surface area contributed by atoms with Crippen LogP contribution in [-0.2, 0) is 4.79 Å². The Morgan fingerprint density at radius 2 is 1.91 bits per heavy atom. The number of amides is 2. The Morgan fingerprint density at radius 1 is 1.17 bits per heavy atom. The molecule has 6 heteroatoms. The molecule has 0 bridgehead atoms. The molecule has 0 fully saturated rings. The Kier molecular flexibility index (Phi) is 6.19. The number of carbonyl (C=O) groups is 2. The number of rotatable bonds is 5. The maximum atomic E-state index is 12.0. The van der Waals surface area contributed by atoms with Gasteiger partial charge in [0, 0.05) is 23.1 Å². The van der Waals surface area contributed by atoms with E-state index in [1.807, 2.05) is 25.1 Å². The molecule has 0 aromatic heterocycles. The Bertz CT molecular complexity index is 734. The summed E-state index contributed by atoms with van der Waals surface area (Å²) in [5.74, 6) is -0.451. The minimum atomic E-state index is -0.290. The first-order valence-electron chi connectivity index (χ1n) is 7.06. The van der Waals surface area contributed by atoms with E-state index in [0.717, 1.165) is 15.7 Å². The van der Waals surface area contributed by atoms with E-state index in [0.29, 0.717) is 10.6 Å². The molecule has 2 N–H and O–H groups in total. The van der Waals surface area contributed by atoms with Crippen molar-refractivity contribution in [3.05, 3.63) is 63.1 Å². The van der Waals surface area contributed by atoms with Gasteiger partial charge >= 0.3 is 0 Å². The highest BCUT2D eigenvalue weighted by Crippen LogP contribution is 2.20. The van der Waals surface area contributed by atoms with Crippen molar-refractivity contribution in [2.24, 2.45) is 0 Å². The lowest BCUT2D eigenvalue weighted by molar-refractivity contribution is -0.116. The van der Waals surface area contributed by atoms with Crippen molar-refractivity contribution in [2.45, 2.75) is 13.3 Å². The summed E-state index contributed by atoms with van der Waals surface area (Å²) in [5, 5.41) is 5.91. The van der Waals surface area contributed by atoms with Crippen molar-refractivity contribution in [1.82, 2.24) is 5.32 Å². The molecular weight excluding hydrogens is 380 g/mol. The second-order valence-electron chi connectivity index (χ2n) is 4.99. The van der Waals surface area contributed by atoms with Crippen molar-refractivity contribution < 1.29 is 9.59 Å². The summed E-state index contributed by atoms with van der Waals surface area (Å²) in [4.78, 5) is 23.9. The summed E-state index contributed by atoms with van der Waals surface area (Å²) >= 11 is 9.33. The monoisotopic (exact) mass is 394 g/mol. The van der Waals surface area contributed by atoms with Crippen molar-refractivity contribution in [3.63, 3.8) is 0 Å². The van der Waals surface area contributed by atoms with Crippen molar-refractivity contribution in [1.29, 1.82) is 0 Å². The molecule has 0 saturated carbocycles. The normalized spacial score (nSPS) is 10.2. The summed E-state index contributed by atoms with van der Waals surface area (Å²) < 4.78 is 0.894. The third kappa shape index (κ3) is 5.08. The van der Waals surface area contributed by atoms with E-state index < -0.39 is 0 Å². The van der Waals surface area contributed by atoms with Gasteiger partial charge in [-0.1, -0.05) is 45.7 Å². The van der Waals surface area contributed by atoms with Gasteiger partial charge in [-0.3, -0.25) is 9.59 Å². The number of halogens is 2. The van der Waals surface area contributed by atoms with E-state index in [2.05, 4.69) is 26.6 Å². The van der Waals surface area contributed by atoms with Gasteiger partial charge < -0.3 is 10.6 Å². The predicted molar refractivity (Wildman–Crippen MR) is 95.9 cm³/mol. The first-order chi connectivity index (χ1) is 11.0. The Morgan fingerprint density at radius 3 is 2.65 bits per heavy atom. The van der Waals surface area contributed by atoms with Crippen LogP contribution in [0.2, 0.25) is 5.02 Å². The minimum absolute atomic E-state index is 0.161. The maximum Gasteiger partial charge on any atom is 0.252 e. The Hall–Kier alpha value is -1.85. The molecule has 0 spiro atoms. The van der Waals surface area contributed by atoms with E-state index in [4.69, 9.17) is 11.6 Å². The second kappa shape index (κ2) is 8.13. The molecular formula is C17H16BrClN2O2. The SMILES string of the molecule is Cc1ccc(Br)cc1NC(=O)CCNC(=O)c1ccccc1Cl. The quantitative estimate of drug-likeness (QED) is 0.798. The molecule has 2 aromatic rings. The van der Waals surface area contributed by atoms with Crippen LogP contribution in [0.5, 0.6) is 0 Å². The summed E-state index contributed by atoms with van der Waals surface area (Å²) in [6, 6.07) is 12.5. The van der Waals surface area contributed by atoms with Gasteiger partial charge in [0.2, 0.25) is 5.91 Å². The number of benzene rings is 2. The van der Waals surface area contributed by atoms with Gasteiger partial charge in [0.05, 0.1) is 10.6 Å². The van der Waals surface area contributed by atoms with Gasteiger partial charge in [0.1, 0.15) is 0 Å². The number of hydrogen-bond acceptors (Lipinski definition) is 2. The predicted octanol–water partition coefficient (Wildman–Crippen LogP) is 4.17. The highest BCUT2D eigenvalue weighted by Gasteiger charge is 2.10. The molecule has 2 amide bonds. The van der Waals surface area contributed by atoms with E-state index in [9.17, 15) is 9.59 Å². The average Bonchev–Trinajstić information content (AvgIpc) is 2.51. The Labute approximate surface area is 148 Å². The summed E-state index contributed by atoms with van der Waals surface area (Å²) in [5.41, 5.74) is 2.13. The van der Waals surface area contributed by atoms with Crippen LogP contribution < -0.4 is 10.6 Å². The van der Waals surface area contributed by atoms with Crippen molar-refractivity contribution >= 4 is 45.0 Å². The summed E-state index contributed by atoms with van der Waals surface area (Å²) in [6.45, 7) is 2.16. The van der Waals surface area contributed by atoms with Crippen LogP contribution in [0, 0.1) is 6.92 Å². The van der Waals surface area contributed by atoms with Crippen LogP contribution in [0.25, 0.3) is 0 Å². The van der Waals surface area contributed by atoms with E-state index in [-0.39, 0.29) is 24.8 Å². The number of carbonyl (C=O) groups excluding carboxylic acids is 2. The third-order valence-electron chi connectivity index (χ3n) is 3.23. The third-order valence-corrected chi connectivity index (χ3v) is 4.05. The number of anilines is 1. The lowest BCUT2D eigenvalue weighted by atomic mass is 10.2. The van der Waals surface area contributed by atoms with Crippen LogP contribution in [0.15, 0.2) is 46.9 Å². The lowest BCUT2D eigenvalue weighted by Gasteiger charge is -2.10. The van der Waals surface area contributed by atoms with Crippen LogP contribution in [0.4, 0.5) is 5.69 Å². The fourth-order valence-electron chi connectivity index (χ4n) is 1.97. The average molecular weight is 396 g/mol. The summed E-state index contributed by atoms with van der Waals surface area (Å²) in [7, 11) is 0. The molecule has 2 aromatic carbocycles. The first kappa shape index (κ1) is 17.5. The van der Waals surface area contributed by atoms with Crippen molar-refractivity contribution in [2.75, 3.05) is 11.9 Å². The minimum Gasteiger partial charge on any atom is -0.351 e. The molecule has 0 saturated heterocycles. The van der Waals surface area contributed by atoms with E-state index in [1.165, 1.54) is 0 Å². The van der Waals surface area contributed by atoms with Crippen LogP contribution >= 0.6 is 27.5 Å². The maximum absolute atomic E-state index is 12.0.